The maximum atomic E-state index is 12.0. The molecule has 1 N–H and O–H groups in total. The zero-order valence-corrected chi connectivity index (χ0v) is 13.9. The van der Waals surface area contributed by atoms with Gasteiger partial charge in [0.05, 0.1) is 19.8 Å². The van der Waals surface area contributed by atoms with E-state index in [1.165, 1.54) is 7.11 Å². The molecule has 0 radical (unpaired) electrons. The van der Waals surface area contributed by atoms with Gasteiger partial charge in [0, 0.05) is 13.0 Å². The Hall–Kier alpha value is -2.82. The number of nitrogens with one attached hydrogen (secondary N) is 1. The largest absolute Gasteiger partial charge is 0.496 e. The molecule has 1 amide bonds. The van der Waals surface area contributed by atoms with Crippen molar-refractivity contribution in [2.75, 3.05) is 14.2 Å². The molecule has 0 atom stereocenters. The van der Waals surface area contributed by atoms with Crippen LogP contribution in [-0.2, 0) is 22.5 Å². The Morgan fingerprint density at radius 2 is 1.71 bits per heavy atom. The molecule has 0 aliphatic carbocycles. The highest BCUT2D eigenvalue weighted by molar-refractivity contribution is 5.89. The molecule has 2 aromatic rings. The van der Waals surface area contributed by atoms with Gasteiger partial charge in [-0.05, 0) is 35.7 Å². The van der Waals surface area contributed by atoms with Gasteiger partial charge in [0.1, 0.15) is 5.75 Å². The molecule has 0 unspecified atom stereocenters. The van der Waals surface area contributed by atoms with E-state index in [4.69, 9.17) is 4.74 Å². The van der Waals surface area contributed by atoms with Gasteiger partial charge >= 0.3 is 5.97 Å². The number of ether oxygens (including phenoxy) is 2. The molecule has 126 valence electrons. The Kier molecular flexibility index (Phi) is 6.37. The van der Waals surface area contributed by atoms with E-state index in [-0.39, 0.29) is 11.9 Å². The van der Waals surface area contributed by atoms with Gasteiger partial charge in [-0.3, -0.25) is 4.79 Å². The van der Waals surface area contributed by atoms with Crippen molar-refractivity contribution in [3.63, 3.8) is 0 Å². The fourth-order valence-corrected chi connectivity index (χ4v) is 2.32. The van der Waals surface area contributed by atoms with Crippen molar-refractivity contribution in [3.05, 3.63) is 65.2 Å². The first-order chi connectivity index (χ1) is 11.6. The van der Waals surface area contributed by atoms with E-state index in [0.29, 0.717) is 24.9 Å². The van der Waals surface area contributed by atoms with Crippen LogP contribution in [0.4, 0.5) is 0 Å². The highest BCUT2D eigenvalue weighted by atomic mass is 16.5. The zero-order valence-electron chi connectivity index (χ0n) is 13.9. The van der Waals surface area contributed by atoms with Crippen LogP contribution in [0, 0.1) is 0 Å². The van der Waals surface area contributed by atoms with Gasteiger partial charge in [0.2, 0.25) is 5.91 Å². The second kappa shape index (κ2) is 8.72. The monoisotopic (exact) mass is 327 g/mol. The first-order valence-electron chi connectivity index (χ1n) is 7.70. The summed E-state index contributed by atoms with van der Waals surface area (Å²) in [5.74, 6) is 0.393. The highest BCUT2D eigenvalue weighted by Gasteiger charge is 2.07. The molecule has 0 bridgehead atoms. The molecule has 0 saturated carbocycles. The van der Waals surface area contributed by atoms with Crippen molar-refractivity contribution in [2.45, 2.75) is 19.4 Å². The van der Waals surface area contributed by atoms with Crippen LogP contribution in [-0.4, -0.2) is 26.1 Å². The van der Waals surface area contributed by atoms with Crippen molar-refractivity contribution in [1.29, 1.82) is 0 Å². The number of carbonyl (C=O) groups excluding carboxylic acids is 2. The van der Waals surface area contributed by atoms with Crippen molar-refractivity contribution < 1.29 is 19.1 Å². The molecule has 2 rings (SSSR count). The maximum Gasteiger partial charge on any atom is 0.337 e. The van der Waals surface area contributed by atoms with E-state index in [2.05, 4.69) is 10.1 Å². The van der Waals surface area contributed by atoms with Crippen molar-refractivity contribution in [3.8, 4) is 5.75 Å². The summed E-state index contributed by atoms with van der Waals surface area (Å²) in [7, 11) is 2.97. The van der Waals surface area contributed by atoms with Crippen molar-refractivity contribution in [1.82, 2.24) is 5.32 Å². The van der Waals surface area contributed by atoms with Crippen LogP contribution < -0.4 is 10.1 Å². The van der Waals surface area contributed by atoms with Gasteiger partial charge in [0.15, 0.2) is 0 Å². The standard InChI is InChI=1S/C19H21NO4/c1-23-17-6-4-3-5-15(17)11-12-18(21)20-13-14-7-9-16(10-8-14)19(22)24-2/h3-10H,11-13H2,1-2H3,(H,20,21). The summed E-state index contributed by atoms with van der Waals surface area (Å²) >= 11 is 0. The summed E-state index contributed by atoms with van der Waals surface area (Å²) in [5, 5.41) is 2.87. The van der Waals surface area contributed by atoms with Crippen molar-refractivity contribution in [2.24, 2.45) is 0 Å². The lowest BCUT2D eigenvalue weighted by atomic mass is 10.1. The summed E-state index contributed by atoms with van der Waals surface area (Å²) in [4.78, 5) is 23.3. The Labute approximate surface area is 141 Å². The number of esters is 1. The van der Waals surface area contributed by atoms with Gasteiger partial charge < -0.3 is 14.8 Å². The molecule has 2 aromatic carbocycles. The van der Waals surface area contributed by atoms with Crippen molar-refractivity contribution >= 4 is 11.9 Å². The predicted octanol–water partition coefficient (Wildman–Crippen LogP) is 2.73. The number of rotatable bonds is 7. The van der Waals surface area contributed by atoms with Crippen LogP contribution in [0.25, 0.3) is 0 Å². The topological polar surface area (TPSA) is 64.6 Å². The summed E-state index contributed by atoms with van der Waals surface area (Å²) in [6, 6.07) is 14.6. The SMILES string of the molecule is COC(=O)c1ccc(CNC(=O)CCc2ccccc2OC)cc1. The van der Waals surface area contributed by atoms with Gasteiger partial charge in [-0.2, -0.15) is 0 Å². The number of hydrogen-bond acceptors (Lipinski definition) is 4. The summed E-state index contributed by atoms with van der Waals surface area (Å²) in [6.07, 6.45) is 1.01. The molecular weight excluding hydrogens is 306 g/mol. The normalized spacial score (nSPS) is 10.1. The van der Waals surface area contributed by atoms with Crippen LogP contribution in [0.5, 0.6) is 5.75 Å². The van der Waals surface area contributed by atoms with E-state index in [9.17, 15) is 9.59 Å². The van der Waals surface area contributed by atoms with E-state index in [1.807, 2.05) is 24.3 Å². The van der Waals surface area contributed by atoms with Crippen LogP contribution in [0.3, 0.4) is 0 Å². The smallest absolute Gasteiger partial charge is 0.337 e. The lowest BCUT2D eigenvalue weighted by molar-refractivity contribution is -0.121. The van der Waals surface area contributed by atoms with E-state index in [0.717, 1.165) is 16.9 Å². The molecule has 0 fully saturated rings. The third-order valence-corrected chi connectivity index (χ3v) is 3.68. The average molecular weight is 327 g/mol. The van der Waals surface area contributed by atoms with Gasteiger partial charge in [-0.1, -0.05) is 30.3 Å². The van der Waals surface area contributed by atoms with Crippen LogP contribution in [0.2, 0.25) is 0 Å². The highest BCUT2D eigenvalue weighted by Crippen LogP contribution is 2.18. The molecule has 0 aliphatic rings. The molecule has 0 aliphatic heterocycles. The first kappa shape index (κ1) is 17.5. The van der Waals surface area contributed by atoms with Crippen LogP contribution in [0.1, 0.15) is 27.9 Å². The summed E-state index contributed by atoms with van der Waals surface area (Å²) < 4.78 is 9.93. The number of carbonyl (C=O) groups is 2. The Morgan fingerprint density at radius 3 is 2.38 bits per heavy atom. The quantitative estimate of drug-likeness (QED) is 0.794. The number of aryl methyl sites for hydroxylation is 1. The Bertz CT molecular complexity index is 695. The average Bonchev–Trinajstić information content (AvgIpc) is 2.64. The predicted molar refractivity (Wildman–Crippen MR) is 90.9 cm³/mol. The molecule has 0 aromatic heterocycles. The van der Waals surface area contributed by atoms with E-state index in [1.54, 1.807) is 31.4 Å². The molecular formula is C19H21NO4. The lowest BCUT2D eigenvalue weighted by Gasteiger charge is -2.09. The summed E-state index contributed by atoms with van der Waals surface area (Å²) in [5.41, 5.74) is 2.43. The molecule has 0 spiro atoms. The minimum absolute atomic E-state index is 0.0297. The fourth-order valence-electron chi connectivity index (χ4n) is 2.32. The Morgan fingerprint density at radius 1 is 1.00 bits per heavy atom. The van der Waals surface area contributed by atoms with Gasteiger partial charge in [-0.25, -0.2) is 4.79 Å². The lowest BCUT2D eigenvalue weighted by Crippen LogP contribution is -2.23. The maximum absolute atomic E-state index is 12.0. The number of hydrogen-bond donors (Lipinski definition) is 1. The van der Waals surface area contributed by atoms with Gasteiger partial charge in [0.25, 0.3) is 0 Å². The molecule has 5 heteroatoms. The summed E-state index contributed by atoms with van der Waals surface area (Å²) in [6.45, 7) is 0.423. The minimum atomic E-state index is -0.373. The third-order valence-electron chi connectivity index (χ3n) is 3.68. The van der Waals surface area contributed by atoms with Crippen LogP contribution >= 0.6 is 0 Å². The second-order valence-corrected chi connectivity index (χ2v) is 5.28. The van der Waals surface area contributed by atoms with E-state index >= 15 is 0 Å². The number of benzene rings is 2. The van der Waals surface area contributed by atoms with Crippen LogP contribution in [0.15, 0.2) is 48.5 Å². The zero-order chi connectivity index (χ0) is 17.4. The molecule has 5 nitrogen and oxygen atoms in total. The fraction of sp³-hybridized carbons (Fsp3) is 0.263. The molecule has 24 heavy (non-hydrogen) atoms. The number of para-hydroxylation sites is 1. The first-order valence-corrected chi connectivity index (χ1v) is 7.70. The Balaban J connectivity index is 1.82. The minimum Gasteiger partial charge on any atom is -0.496 e. The molecule has 0 saturated heterocycles. The van der Waals surface area contributed by atoms with Gasteiger partial charge in [-0.15, -0.1) is 0 Å². The molecule has 0 heterocycles. The third kappa shape index (κ3) is 4.84. The number of amides is 1. The second-order valence-electron chi connectivity index (χ2n) is 5.28. The number of methoxy groups -OCH3 is 2. The van der Waals surface area contributed by atoms with E-state index < -0.39 is 0 Å².